The van der Waals surface area contributed by atoms with Crippen molar-refractivity contribution < 1.29 is 24.3 Å². The number of para-hydroxylation sites is 1. The molecule has 0 aliphatic heterocycles. The summed E-state index contributed by atoms with van der Waals surface area (Å²) in [6.07, 6.45) is 0. The molecule has 1 aromatic rings. The molecule has 17 heavy (non-hydrogen) atoms. The summed E-state index contributed by atoms with van der Waals surface area (Å²) < 4.78 is 4.99. The van der Waals surface area contributed by atoms with Crippen molar-refractivity contribution in [3.05, 3.63) is 30.3 Å². The molecular formula is C12H16O5. The van der Waals surface area contributed by atoms with E-state index in [0.29, 0.717) is 5.75 Å². The van der Waals surface area contributed by atoms with Gasteiger partial charge in [0.05, 0.1) is 0 Å². The number of carbonyl (C=O) groups excluding carboxylic acids is 1. The Kier molecular flexibility index (Phi) is 4.93. The van der Waals surface area contributed by atoms with Crippen molar-refractivity contribution in [2.45, 2.75) is 26.4 Å². The molecule has 0 amide bonds. The van der Waals surface area contributed by atoms with Gasteiger partial charge < -0.3 is 9.62 Å². The largest absolute Gasteiger partial charge is 0.458 e. The van der Waals surface area contributed by atoms with E-state index >= 15 is 0 Å². The molecule has 0 aromatic heterocycles. The van der Waals surface area contributed by atoms with Crippen LogP contribution in [0.1, 0.15) is 20.8 Å². The maximum Gasteiger partial charge on any atom is 0.336 e. The van der Waals surface area contributed by atoms with Gasteiger partial charge in [0.2, 0.25) is 0 Å². The lowest BCUT2D eigenvalue weighted by atomic mass is 10.2. The van der Waals surface area contributed by atoms with E-state index < -0.39 is 11.6 Å². The second kappa shape index (κ2) is 6.22. The van der Waals surface area contributed by atoms with E-state index in [4.69, 9.17) is 9.62 Å². The van der Waals surface area contributed by atoms with E-state index in [9.17, 15) is 4.79 Å². The summed E-state index contributed by atoms with van der Waals surface area (Å²) in [4.78, 5) is 20.5. The van der Waals surface area contributed by atoms with Crippen molar-refractivity contribution >= 4 is 5.97 Å². The standard InChI is InChI=1S/C12H16O5/c1-12(2,3)15-11(13)9-14-17-16-10-7-5-4-6-8-10/h4-8H,9H2,1-3H3. The van der Waals surface area contributed by atoms with Crippen LogP contribution in [0.4, 0.5) is 0 Å². The van der Waals surface area contributed by atoms with Crippen LogP contribution in [0.15, 0.2) is 30.3 Å². The summed E-state index contributed by atoms with van der Waals surface area (Å²) >= 11 is 0. The molecule has 0 saturated heterocycles. The van der Waals surface area contributed by atoms with Crippen LogP contribution in [0, 0.1) is 0 Å². The van der Waals surface area contributed by atoms with E-state index in [2.05, 4.69) is 9.93 Å². The zero-order valence-corrected chi connectivity index (χ0v) is 10.1. The fraction of sp³-hybridized carbons (Fsp3) is 0.417. The van der Waals surface area contributed by atoms with Crippen molar-refractivity contribution in [3.63, 3.8) is 0 Å². The van der Waals surface area contributed by atoms with E-state index in [0.717, 1.165) is 0 Å². The summed E-state index contributed by atoms with van der Waals surface area (Å²) in [6, 6.07) is 8.79. The SMILES string of the molecule is CC(C)(C)OC(=O)COOOc1ccccc1. The molecule has 0 spiro atoms. The second-order valence-electron chi connectivity index (χ2n) is 4.31. The third-order valence-electron chi connectivity index (χ3n) is 1.52. The average Bonchev–Trinajstić information content (AvgIpc) is 2.23. The molecule has 0 saturated carbocycles. The molecule has 5 heteroatoms. The van der Waals surface area contributed by atoms with Gasteiger partial charge in [0.25, 0.3) is 0 Å². The highest BCUT2D eigenvalue weighted by Crippen LogP contribution is 2.09. The Bertz CT molecular complexity index is 342. The highest BCUT2D eigenvalue weighted by atomic mass is 17.5. The van der Waals surface area contributed by atoms with Gasteiger partial charge in [-0.3, -0.25) is 0 Å². The second-order valence-corrected chi connectivity index (χ2v) is 4.31. The van der Waals surface area contributed by atoms with E-state index in [1.165, 1.54) is 0 Å². The third kappa shape index (κ3) is 6.55. The lowest BCUT2D eigenvalue weighted by molar-refractivity contribution is -0.462. The summed E-state index contributed by atoms with van der Waals surface area (Å²) in [7, 11) is 0. The van der Waals surface area contributed by atoms with Crippen molar-refractivity contribution in [1.29, 1.82) is 0 Å². The van der Waals surface area contributed by atoms with Gasteiger partial charge in [-0.2, -0.15) is 4.89 Å². The first-order chi connectivity index (χ1) is 7.97. The number of hydrogen-bond acceptors (Lipinski definition) is 5. The van der Waals surface area contributed by atoms with E-state index in [-0.39, 0.29) is 6.61 Å². The highest BCUT2D eigenvalue weighted by Gasteiger charge is 2.16. The van der Waals surface area contributed by atoms with Crippen LogP contribution in [-0.4, -0.2) is 18.2 Å². The summed E-state index contributed by atoms with van der Waals surface area (Å²) in [6.45, 7) is 4.98. The third-order valence-corrected chi connectivity index (χ3v) is 1.52. The average molecular weight is 240 g/mol. The maximum absolute atomic E-state index is 11.2. The molecule has 94 valence electrons. The number of carbonyl (C=O) groups is 1. The van der Waals surface area contributed by atoms with Gasteiger partial charge in [-0.1, -0.05) is 18.2 Å². The minimum atomic E-state index is -0.541. The molecule has 0 atom stereocenters. The Labute approximate surface area is 100 Å². The van der Waals surface area contributed by atoms with Crippen LogP contribution in [-0.2, 0) is 19.5 Å². The van der Waals surface area contributed by atoms with Gasteiger partial charge >= 0.3 is 5.97 Å². The first-order valence-corrected chi connectivity index (χ1v) is 5.20. The number of hydrogen-bond donors (Lipinski definition) is 0. The molecule has 0 heterocycles. The first-order valence-electron chi connectivity index (χ1n) is 5.20. The number of esters is 1. The van der Waals surface area contributed by atoms with Crippen LogP contribution in [0.3, 0.4) is 0 Å². The monoisotopic (exact) mass is 240 g/mol. The van der Waals surface area contributed by atoms with Crippen LogP contribution in [0.25, 0.3) is 0 Å². The molecular weight excluding hydrogens is 224 g/mol. The van der Waals surface area contributed by atoms with Crippen molar-refractivity contribution in [3.8, 4) is 5.75 Å². The predicted molar refractivity (Wildman–Crippen MR) is 60.0 cm³/mol. The molecule has 5 nitrogen and oxygen atoms in total. The number of rotatable bonds is 5. The Hall–Kier alpha value is -1.59. The van der Waals surface area contributed by atoms with E-state index in [1.54, 1.807) is 45.0 Å². The van der Waals surface area contributed by atoms with Crippen molar-refractivity contribution in [2.24, 2.45) is 0 Å². The van der Waals surface area contributed by atoms with Gasteiger partial charge in [0.1, 0.15) is 5.60 Å². The molecule has 0 radical (unpaired) electrons. The van der Waals surface area contributed by atoms with E-state index in [1.807, 2.05) is 6.07 Å². The normalized spacial score (nSPS) is 11.0. The zero-order valence-electron chi connectivity index (χ0n) is 10.1. The summed E-state index contributed by atoms with van der Waals surface area (Å²) in [5, 5.41) is 4.40. The fourth-order valence-corrected chi connectivity index (χ4v) is 0.983. The highest BCUT2D eigenvalue weighted by molar-refractivity contribution is 5.71. The molecule has 0 aliphatic carbocycles. The summed E-state index contributed by atoms with van der Waals surface area (Å²) in [5.74, 6) is -0.0362. The minimum Gasteiger partial charge on any atom is -0.458 e. The van der Waals surface area contributed by atoms with Crippen LogP contribution >= 0.6 is 0 Å². The Morgan fingerprint density at radius 1 is 1.18 bits per heavy atom. The fourth-order valence-electron chi connectivity index (χ4n) is 0.983. The van der Waals surface area contributed by atoms with Gasteiger partial charge in [0.15, 0.2) is 12.4 Å². The Morgan fingerprint density at radius 2 is 1.82 bits per heavy atom. The quantitative estimate of drug-likeness (QED) is 0.342. The molecule has 0 fully saturated rings. The van der Waals surface area contributed by atoms with Gasteiger partial charge in [-0.25, -0.2) is 4.79 Å². The predicted octanol–water partition coefficient (Wildman–Crippen LogP) is 2.27. The molecule has 0 N–H and O–H groups in total. The lowest BCUT2D eigenvalue weighted by Crippen LogP contribution is -2.26. The topological polar surface area (TPSA) is 54.0 Å². The van der Waals surface area contributed by atoms with Crippen molar-refractivity contribution in [2.75, 3.05) is 6.61 Å². The molecule has 1 aromatic carbocycles. The minimum absolute atomic E-state index is 0.329. The number of ether oxygens (including phenoxy) is 1. The Balaban J connectivity index is 2.14. The molecule has 1 rings (SSSR count). The Morgan fingerprint density at radius 3 is 2.41 bits per heavy atom. The van der Waals surface area contributed by atoms with Crippen LogP contribution in [0.5, 0.6) is 5.75 Å². The molecule has 0 bridgehead atoms. The maximum atomic E-state index is 11.2. The molecule has 0 unspecified atom stereocenters. The molecule has 0 aliphatic rings. The first kappa shape index (κ1) is 13.5. The summed E-state index contributed by atoms with van der Waals surface area (Å²) in [5.41, 5.74) is -0.541. The van der Waals surface area contributed by atoms with Gasteiger partial charge in [-0.15, -0.1) is 0 Å². The van der Waals surface area contributed by atoms with Gasteiger partial charge in [-0.05, 0) is 37.9 Å². The van der Waals surface area contributed by atoms with Crippen molar-refractivity contribution in [1.82, 2.24) is 0 Å². The van der Waals surface area contributed by atoms with Crippen LogP contribution < -0.4 is 4.89 Å². The smallest absolute Gasteiger partial charge is 0.336 e. The van der Waals surface area contributed by atoms with Gasteiger partial charge in [0, 0.05) is 0 Å². The lowest BCUT2D eigenvalue weighted by Gasteiger charge is -2.18. The zero-order chi connectivity index (χ0) is 12.7. The number of benzene rings is 1. The van der Waals surface area contributed by atoms with Crippen LogP contribution in [0.2, 0.25) is 0 Å².